The van der Waals surface area contributed by atoms with E-state index in [4.69, 9.17) is 0 Å². The summed E-state index contributed by atoms with van der Waals surface area (Å²) in [7, 11) is 0. The molecule has 1 aromatic carbocycles. The first-order chi connectivity index (χ1) is 8.31. The summed E-state index contributed by atoms with van der Waals surface area (Å²) in [6, 6.07) is 13.6. The van der Waals surface area contributed by atoms with E-state index in [-0.39, 0.29) is 6.04 Å². The maximum absolute atomic E-state index is 9.36. The third-order valence-electron chi connectivity index (χ3n) is 4.60. The highest BCUT2D eigenvalue weighted by molar-refractivity contribution is 5.21. The zero-order chi connectivity index (χ0) is 11.8. The monoisotopic (exact) mass is 226 g/mol. The van der Waals surface area contributed by atoms with Crippen molar-refractivity contribution in [3.63, 3.8) is 0 Å². The van der Waals surface area contributed by atoms with Gasteiger partial charge in [-0.05, 0) is 37.2 Å². The molecule has 1 saturated carbocycles. The van der Waals surface area contributed by atoms with E-state index in [9.17, 15) is 5.26 Å². The van der Waals surface area contributed by atoms with E-state index >= 15 is 0 Å². The molecule has 2 heteroatoms. The Labute approximate surface area is 103 Å². The molecule has 4 unspecified atom stereocenters. The fourth-order valence-corrected chi connectivity index (χ4v) is 3.36. The minimum Gasteiger partial charge on any atom is -0.281 e. The summed E-state index contributed by atoms with van der Waals surface area (Å²) in [4.78, 5) is 2.40. The molecule has 17 heavy (non-hydrogen) atoms. The molecule has 1 aromatic rings. The van der Waals surface area contributed by atoms with Crippen molar-refractivity contribution in [3.05, 3.63) is 35.9 Å². The van der Waals surface area contributed by atoms with E-state index in [2.05, 4.69) is 42.2 Å². The van der Waals surface area contributed by atoms with Crippen LogP contribution in [-0.2, 0) is 0 Å². The molecule has 3 rings (SSSR count). The first-order valence-corrected chi connectivity index (χ1v) is 6.51. The molecule has 0 N–H and O–H groups in total. The predicted octanol–water partition coefficient (Wildman–Crippen LogP) is 2.98. The van der Waals surface area contributed by atoms with Gasteiger partial charge < -0.3 is 0 Å². The summed E-state index contributed by atoms with van der Waals surface area (Å²) in [6.07, 6.45) is 2.57. The fourth-order valence-electron chi connectivity index (χ4n) is 3.36. The van der Waals surface area contributed by atoms with Crippen molar-refractivity contribution in [2.45, 2.75) is 31.8 Å². The summed E-state index contributed by atoms with van der Waals surface area (Å²) in [5, 5.41) is 9.36. The van der Waals surface area contributed by atoms with Gasteiger partial charge in [-0.1, -0.05) is 30.3 Å². The molecule has 1 aliphatic heterocycles. The Hall–Kier alpha value is -1.33. The van der Waals surface area contributed by atoms with Gasteiger partial charge in [0.2, 0.25) is 0 Å². The van der Waals surface area contributed by atoms with E-state index in [0.717, 1.165) is 12.5 Å². The molecule has 0 bridgehead atoms. The van der Waals surface area contributed by atoms with E-state index < -0.39 is 0 Å². The Bertz CT molecular complexity index is 434. The minimum atomic E-state index is 0.143. The SMILES string of the molecule is CC(c1ccccc1)N1CC2CCC2C1C#N. The Morgan fingerprint density at radius 1 is 1.29 bits per heavy atom. The molecule has 2 aliphatic rings. The second kappa shape index (κ2) is 4.16. The molecule has 88 valence electrons. The Morgan fingerprint density at radius 3 is 2.65 bits per heavy atom. The molecule has 0 radical (unpaired) electrons. The molecule has 2 nitrogen and oxygen atoms in total. The van der Waals surface area contributed by atoms with Gasteiger partial charge in [0, 0.05) is 12.6 Å². The summed E-state index contributed by atoms with van der Waals surface area (Å²) < 4.78 is 0. The highest BCUT2D eigenvalue weighted by Crippen LogP contribution is 2.47. The molecule has 0 aromatic heterocycles. The van der Waals surface area contributed by atoms with Crippen LogP contribution in [0.1, 0.15) is 31.4 Å². The lowest BCUT2D eigenvalue weighted by Crippen LogP contribution is -2.34. The van der Waals surface area contributed by atoms with Crippen LogP contribution in [0.2, 0.25) is 0 Å². The molecular formula is C15H18N2. The largest absolute Gasteiger partial charge is 0.281 e. The molecule has 0 spiro atoms. The predicted molar refractivity (Wildman–Crippen MR) is 67.2 cm³/mol. The van der Waals surface area contributed by atoms with E-state index in [1.54, 1.807) is 0 Å². The van der Waals surface area contributed by atoms with Crippen LogP contribution in [0.25, 0.3) is 0 Å². The third kappa shape index (κ3) is 1.66. The number of fused-ring (bicyclic) bond motifs is 1. The fraction of sp³-hybridized carbons (Fsp3) is 0.533. The van der Waals surface area contributed by atoms with Crippen LogP contribution in [0.15, 0.2) is 30.3 Å². The number of nitrogens with zero attached hydrogens (tertiary/aromatic N) is 2. The molecular weight excluding hydrogens is 208 g/mol. The molecule has 4 atom stereocenters. The molecule has 1 heterocycles. The van der Waals surface area contributed by atoms with Gasteiger partial charge in [-0.15, -0.1) is 0 Å². The van der Waals surface area contributed by atoms with Gasteiger partial charge in [-0.3, -0.25) is 4.90 Å². The van der Waals surface area contributed by atoms with Crippen LogP contribution in [0, 0.1) is 23.2 Å². The number of hydrogen-bond donors (Lipinski definition) is 0. The number of likely N-dealkylation sites (tertiary alicyclic amines) is 1. The lowest BCUT2D eigenvalue weighted by atomic mass is 9.73. The van der Waals surface area contributed by atoms with Crippen LogP contribution in [0.4, 0.5) is 0 Å². The Balaban J connectivity index is 1.82. The van der Waals surface area contributed by atoms with Gasteiger partial charge in [0.15, 0.2) is 0 Å². The number of nitriles is 1. The third-order valence-corrected chi connectivity index (χ3v) is 4.60. The number of hydrogen-bond acceptors (Lipinski definition) is 2. The van der Waals surface area contributed by atoms with Crippen molar-refractivity contribution < 1.29 is 0 Å². The summed E-state index contributed by atoms with van der Waals surface area (Å²) in [5.74, 6) is 1.43. The van der Waals surface area contributed by atoms with Crippen molar-refractivity contribution in [2.75, 3.05) is 6.54 Å². The van der Waals surface area contributed by atoms with Crippen LogP contribution in [0.3, 0.4) is 0 Å². The van der Waals surface area contributed by atoms with Gasteiger partial charge in [-0.25, -0.2) is 0 Å². The van der Waals surface area contributed by atoms with E-state index in [0.29, 0.717) is 12.0 Å². The first-order valence-electron chi connectivity index (χ1n) is 6.51. The summed E-state index contributed by atoms with van der Waals surface area (Å²) in [6.45, 7) is 3.34. The summed E-state index contributed by atoms with van der Waals surface area (Å²) in [5.41, 5.74) is 1.33. The molecule has 1 saturated heterocycles. The highest BCUT2D eigenvalue weighted by atomic mass is 15.2. The smallest absolute Gasteiger partial charge is 0.101 e. The Morgan fingerprint density at radius 2 is 2.06 bits per heavy atom. The van der Waals surface area contributed by atoms with Gasteiger partial charge in [-0.2, -0.15) is 5.26 Å². The van der Waals surface area contributed by atoms with Crippen molar-refractivity contribution in [1.82, 2.24) is 4.90 Å². The zero-order valence-electron chi connectivity index (χ0n) is 10.2. The first kappa shape index (κ1) is 10.8. The van der Waals surface area contributed by atoms with Crippen LogP contribution < -0.4 is 0 Å². The average Bonchev–Trinajstić information content (AvgIpc) is 2.61. The zero-order valence-corrected chi connectivity index (χ0v) is 10.2. The van der Waals surface area contributed by atoms with Crippen molar-refractivity contribution in [2.24, 2.45) is 11.8 Å². The van der Waals surface area contributed by atoms with Gasteiger partial charge in [0.1, 0.15) is 6.04 Å². The topological polar surface area (TPSA) is 27.0 Å². The second-order valence-electron chi connectivity index (χ2n) is 5.36. The number of benzene rings is 1. The van der Waals surface area contributed by atoms with Crippen LogP contribution in [-0.4, -0.2) is 17.5 Å². The maximum Gasteiger partial charge on any atom is 0.101 e. The molecule has 1 aliphatic carbocycles. The maximum atomic E-state index is 9.36. The lowest BCUT2D eigenvalue weighted by Gasteiger charge is -2.31. The van der Waals surface area contributed by atoms with Gasteiger partial charge in [0.05, 0.1) is 6.07 Å². The van der Waals surface area contributed by atoms with E-state index in [1.165, 1.54) is 18.4 Å². The summed E-state index contributed by atoms with van der Waals surface area (Å²) >= 11 is 0. The molecule has 2 fully saturated rings. The quantitative estimate of drug-likeness (QED) is 0.775. The number of rotatable bonds is 2. The van der Waals surface area contributed by atoms with Crippen LogP contribution in [0.5, 0.6) is 0 Å². The minimum absolute atomic E-state index is 0.143. The van der Waals surface area contributed by atoms with Gasteiger partial charge in [0.25, 0.3) is 0 Å². The molecule has 0 amide bonds. The highest BCUT2D eigenvalue weighted by Gasteiger charge is 2.48. The van der Waals surface area contributed by atoms with Crippen molar-refractivity contribution >= 4 is 0 Å². The Kier molecular flexibility index (Phi) is 2.64. The average molecular weight is 226 g/mol. The van der Waals surface area contributed by atoms with E-state index in [1.807, 2.05) is 6.07 Å². The lowest BCUT2D eigenvalue weighted by molar-refractivity contribution is 0.199. The second-order valence-corrected chi connectivity index (χ2v) is 5.36. The van der Waals surface area contributed by atoms with Crippen molar-refractivity contribution in [1.29, 1.82) is 5.26 Å². The van der Waals surface area contributed by atoms with Crippen LogP contribution >= 0.6 is 0 Å². The van der Waals surface area contributed by atoms with Gasteiger partial charge >= 0.3 is 0 Å². The standard InChI is InChI=1S/C15H18N2/c1-11(12-5-3-2-4-6-12)17-10-13-7-8-14(13)15(17)9-16/h2-6,11,13-15H,7-8,10H2,1H3. The normalized spacial score (nSPS) is 33.5. The van der Waals surface area contributed by atoms with Crippen molar-refractivity contribution in [3.8, 4) is 6.07 Å².